The number of Topliss-reactive ketones (excluding diaryl/α,β-unsaturated/α-hetero) is 1. The van der Waals surface area contributed by atoms with Gasteiger partial charge in [-0.15, -0.1) is 0 Å². The Hall–Kier alpha value is -1.14. The first-order chi connectivity index (χ1) is 9.27. The number of aromatic nitrogens is 1. The minimum atomic E-state index is -0.0204. The summed E-state index contributed by atoms with van der Waals surface area (Å²) in [4.78, 5) is 18.7. The first-order valence-corrected chi connectivity index (χ1v) is 7.88. The molecule has 0 spiro atoms. The van der Waals surface area contributed by atoms with Crippen LogP contribution in [0.2, 0.25) is 0 Å². The van der Waals surface area contributed by atoms with Gasteiger partial charge in [0.25, 0.3) is 0 Å². The predicted octanol–water partition coefficient (Wildman–Crippen LogP) is 2.60. The van der Waals surface area contributed by atoms with E-state index in [1.54, 1.807) is 0 Å². The van der Waals surface area contributed by atoms with Crippen molar-refractivity contribution in [1.29, 1.82) is 0 Å². The maximum absolute atomic E-state index is 11.4. The molecular weight excluding hydrogens is 272 g/mol. The van der Waals surface area contributed by atoms with Crippen LogP contribution in [0.15, 0.2) is 0 Å². The molecule has 20 heavy (non-hydrogen) atoms. The lowest BCUT2D eigenvalue weighted by atomic mass is 9.98. The fourth-order valence-electron chi connectivity index (χ4n) is 2.52. The maximum atomic E-state index is 11.4. The molecule has 2 rings (SSSR count). The lowest BCUT2D eigenvalue weighted by molar-refractivity contribution is 0.102. The highest BCUT2D eigenvalue weighted by molar-refractivity contribution is 7.18. The van der Waals surface area contributed by atoms with Crippen LogP contribution < -0.4 is 11.1 Å². The Morgan fingerprint density at radius 1 is 1.50 bits per heavy atom. The average molecular weight is 296 g/mol. The molecule has 0 aromatic carbocycles. The Morgan fingerprint density at radius 2 is 2.20 bits per heavy atom. The molecule has 1 saturated heterocycles. The molecule has 0 amide bonds. The number of ketones is 1. The van der Waals surface area contributed by atoms with Crippen LogP contribution in [0.1, 0.15) is 50.2 Å². The number of piperidine rings is 1. The molecule has 0 aliphatic carbocycles. The van der Waals surface area contributed by atoms with Crippen molar-refractivity contribution in [3.8, 4) is 0 Å². The van der Waals surface area contributed by atoms with Gasteiger partial charge in [0.2, 0.25) is 0 Å². The van der Waals surface area contributed by atoms with E-state index in [4.69, 9.17) is 5.73 Å². The van der Waals surface area contributed by atoms with Crippen LogP contribution in [0.3, 0.4) is 0 Å². The molecule has 2 heterocycles. The zero-order valence-electron chi connectivity index (χ0n) is 12.7. The topological polar surface area (TPSA) is 71.2 Å². The van der Waals surface area contributed by atoms with Crippen molar-refractivity contribution >= 4 is 28.1 Å². The first kappa shape index (κ1) is 15.3. The number of nitrogen functional groups attached to an aromatic ring is 1. The van der Waals surface area contributed by atoms with Gasteiger partial charge >= 0.3 is 0 Å². The summed E-state index contributed by atoms with van der Waals surface area (Å²) in [6, 6.07) is 0.369. The molecule has 6 heteroatoms. The van der Waals surface area contributed by atoms with Gasteiger partial charge < -0.3 is 11.1 Å². The van der Waals surface area contributed by atoms with E-state index in [0.717, 1.165) is 24.6 Å². The third-order valence-electron chi connectivity index (χ3n) is 3.67. The molecule has 1 aromatic heterocycles. The lowest BCUT2D eigenvalue weighted by Gasteiger charge is -2.41. The molecule has 112 valence electrons. The number of likely N-dealkylation sites (tertiary alicyclic amines) is 1. The number of thiazole rings is 1. The van der Waals surface area contributed by atoms with Crippen LogP contribution >= 0.6 is 11.3 Å². The van der Waals surface area contributed by atoms with Crippen LogP contribution in [0.25, 0.3) is 0 Å². The zero-order chi connectivity index (χ0) is 14.9. The Morgan fingerprint density at radius 3 is 2.75 bits per heavy atom. The van der Waals surface area contributed by atoms with E-state index < -0.39 is 0 Å². The minimum absolute atomic E-state index is 0.0204. The molecule has 3 N–H and O–H groups in total. The molecule has 0 radical (unpaired) electrons. The van der Waals surface area contributed by atoms with Crippen LogP contribution in [-0.4, -0.2) is 40.3 Å². The number of anilines is 2. The summed E-state index contributed by atoms with van der Waals surface area (Å²) in [6.07, 6.45) is 2.30. The van der Waals surface area contributed by atoms with Crippen molar-refractivity contribution in [2.24, 2.45) is 0 Å². The summed E-state index contributed by atoms with van der Waals surface area (Å²) in [7, 11) is 0. The fourth-order valence-corrected chi connectivity index (χ4v) is 3.38. The minimum Gasteiger partial charge on any atom is -0.382 e. The second-order valence-electron chi connectivity index (χ2n) is 6.39. The summed E-state index contributed by atoms with van der Waals surface area (Å²) < 4.78 is 0. The van der Waals surface area contributed by atoms with Crippen molar-refractivity contribution < 1.29 is 4.79 Å². The molecule has 0 bridgehead atoms. The molecule has 5 nitrogen and oxygen atoms in total. The molecule has 1 atom stereocenters. The largest absolute Gasteiger partial charge is 0.382 e. The standard InChI is InChI=1S/C14H24N4OS/c1-9(19)11-12(15)17-13(20-11)16-10-6-5-7-18(8-10)14(2,3)4/h10H,5-8,15H2,1-4H3,(H,16,17). The molecule has 1 aromatic rings. The Labute approximate surface area is 124 Å². The van der Waals surface area contributed by atoms with Crippen LogP contribution in [-0.2, 0) is 0 Å². The quantitative estimate of drug-likeness (QED) is 0.839. The van der Waals surface area contributed by atoms with Crippen LogP contribution in [0.4, 0.5) is 10.9 Å². The monoisotopic (exact) mass is 296 g/mol. The summed E-state index contributed by atoms with van der Waals surface area (Å²) in [5, 5.41) is 4.19. The Kier molecular flexibility index (Phi) is 4.34. The molecule has 1 unspecified atom stereocenters. The summed E-state index contributed by atoms with van der Waals surface area (Å²) in [5.74, 6) is 0.321. The van der Waals surface area contributed by atoms with Crippen molar-refractivity contribution in [3.05, 3.63) is 4.88 Å². The van der Waals surface area contributed by atoms with Gasteiger partial charge in [-0.05, 0) is 40.2 Å². The SMILES string of the molecule is CC(=O)c1sc(NC2CCCN(C(C)(C)C)C2)nc1N. The van der Waals surface area contributed by atoms with Gasteiger partial charge in [-0.3, -0.25) is 9.69 Å². The second-order valence-corrected chi connectivity index (χ2v) is 7.39. The number of carbonyl (C=O) groups excluding carboxylic acids is 1. The highest BCUT2D eigenvalue weighted by Gasteiger charge is 2.28. The fraction of sp³-hybridized carbons (Fsp3) is 0.714. The van der Waals surface area contributed by atoms with E-state index in [2.05, 4.69) is 36.0 Å². The van der Waals surface area contributed by atoms with Crippen molar-refractivity contribution in [1.82, 2.24) is 9.88 Å². The van der Waals surface area contributed by atoms with E-state index in [1.807, 2.05) is 0 Å². The van der Waals surface area contributed by atoms with E-state index >= 15 is 0 Å². The average Bonchev–Trinajstić information content (AvgIpc) is 2.69. The van der Waals surface area contributed by atoms with Crippen molar-refractivity contribution in [2.75, 3.05) is 24.1 Å². The van der Waals surface area contributed by atoms with Gasteiger partial charge in [0.15, 0.2) is 10.9 Å². The van der Waals surface area contributed by atoms with E-state index in [0.29, 0.717) is 16.7 Å². The summed E-state index contributed by atoms with van der Waals surface area (Å²) in [5.41, 5.74) is 5.96. The van der Waals surface area contributed by atoms with Crippen molar-refractivity contribution in [3.63, 3.8) is 0 Å². The molecule has 1 fully saturated rings. The normalized spacial score (nSPS) is 20.9. The van der Waals surface area contributed by atoms with E-state index in [1.165, 1.54) is 24.7 Å². The third kappa shape index (κ3) is 3.49. The molecule has 0 saturated carbocycles. The van der Waals surface area contributed by atoms with E-state index in [-0.39, 0.29) is 11.3 Å². The zero-order valence-corrected chi connectivity index (χ0v) is 13.5. The predicted molar refractivity (Wildman–Crippen MR) is 84.5 cm³/mol. The highest BCUT2D eigenvalue weighted by atomic mass is 32.1. The van der Waals surface area contributed by atoms with Gasteiger partial charge in [-0.2, -0.15) is 0 Å². The first-order valence-electron chi connectivity index (χ1n) is 7.06. The van der Waals surface area contributed by atoms with Crippen LogP contribution in [0, 0.1) is 0 Å². The Bertz CT molecular complexity index is 492. The molecule has 1 aliphatic rings. The smallest absolute Gasteiger partial charge is 0.185 e. The highest BCUT2D eigenvalue weighted by Crippen LogP contribution is 2.28. The number of nitrogens with two attached hydrogens (primary N) is 1. The van der Waals surface area contributed by atoms with Gasteiger partial charge in [-0.25, -0.2) is 4.98 Å². The molecular formula is C14H24N4OS. The molecule has 1 aliphatic heterocycles. The van der Waals surface area contributed by atoms with E-state index in [9.17, 15) is 4.79 Å². The second kappa shape index (κ2) is 5.69. The summed E-state index contributed by atoms with van der Waals surface area (Å²) >= 11 is 1.35. The van der Waals surface area contributed by atoms with Crippen molar-refractivity contribution in [2.45, 2.75) is 52.1 Å². The lowest BCUT2D eigenvalue weighted by Crippen LogP contribution is -2.50. The van der Waals surface area contributed by atoms with Gasteiger partial charge in [0.1, 0.15) is 10.7 Å². The van der Waals surface area contributed by atoms with Gasteiger partial charge in [-0.1, -0.05) is 11.3 Å². The number of nitrogens with zero attached hydrogens (tertiary/aromatic N) is 2. The van der Waals surface area contributed by atoms with Gasteiger partial charge in [0, 0.05) is 25.0 Å². The number of carbonyl (C=O) groups is 1. The number of rotatable bonds is 3. The Balaban J connectivity index is 2.03. The maximum Gasteiger partial charge on any atom is 0.185 e. The third-order valence-corrected chi connectivity index (χ3v) is 4.77. The van der Waals surface area contributed by atoms with Gasteiger partial charge in [0.05, 0.1) is 0 Å². The number of hydrogen-bond acceptors (Lipinski definition) is 6. The summed E-state index contributed by atoms with van der Waals surface area (Å²) in [6.45, 7) is 10.4. The number of nitrogens with one attached hydrogen (secondary N) is 1. The number of hydrogen-bond donors (Lipinski definition) is 2. The van der Waals surface area contributed by atoms with Crippen LogP contribution in [0.5, 0.6) is 0 Å².